The van der Waals surface area contributed by atoms with Crippen LogP contribution in [0.25, 0.3) is 0 Å². The Bertz CT molecular complexity index is 297. The minimum atomic E-state index is -0.348. The highest BCUT2D eigenvalue weighted by Crippen LogP contribution is 2.35. The lowest BCUT2D eigenvalue weighted by Gasteiger charge is -2.18. The van der Waals surface area contributed by atoms with Crippen molar-refractivity contribution in [2.24, 2.45) is 11.8 Å². The van der Waals surface area contributed by atoms with E-state index >= 15 is 0 Å². The summed E-state index contributed by atoms with van der Waals surface area (Å²) >= 11 is 0. The van der Waals surface area contributed by atoms with Crippen LogP contribution >= 0.6 is 0 Å². The van der Waals surface area contributed by atoms with Gasteiger partial charge in [-0.25, -0.2) is 0 Å². The van der Waals surface area contributed by atoms with E-state index in [1.165, 1.54) is 7.05 Å². The molecule has 2 unspecified atom stereocenters. The standard InChI is InChI=1S/C9H11NO3/c1-10-8(12)6-3-2-5(11)4-7(6)9(10)13/h6-7H,2-4H2,1H3. The molecule has 70 valence electrons. The third-order valence-electron chi connectivity index (χ3n) is 2.96. The summed E-state index contributed by atoms with van der Waals surface area (Å²) in [5.41, 5.74) is 0. The van der Waals surface area contributed by atoms with E-state index in [0.717, 1.165) is 4.90 Å². The van der Waals surface area contributed by atoms with E-state index in [1.807, 2.05) is 0 Å². The van der Waals surface area contributed by atoms with Crippen LogP contribution in [0.1, 0.15) is 19.3 Å². The average Bonchev–Trinajstić information content (AvgIpc) is 2.32. The van der Waals surface area contributed by atoms with Gasteiger partial charge in [0.15, 0.2) is 0 Å². The molecule has 1 saturated heterocycles. The lowest BCUT2D eigenvalue weighted by Crippen LogP contribution is -2.27. The summed E-state index contributed by atoms with van der Waals surface area (Å²) in [5, 5.41) is 0. The number of hydrogen-bond acceptors (Lipinski definition) is 3. The highest BCUT2D eigenvalue weighted by atomic mass is 16.2. The Hall–Kier alpha value is -1.19. The fourth-order valence-corrected chi connectivity index (χ4v) is 2.17. The van der Waals surface area contributed by atoms with Crippen molar-refractivity contribution < 1.29 is 14.4 Å². The predicted octanol–water partition coefficient (Wildman–Crippen LogP) is -0.0296. The molecular formula is C9H11NO3. The Morgan fingerprint density at radius 1 is 1.15 bits per heavy atom. The Morgan fingerprint density at radius 2 is 1.77 bits per heavy atom. The smallest absolute Gasteiger partial charge is 0.233 e. The molecule has 2 aliphatic rings. The molecule has 13 heavy (non-hydrogen) atoms. The molecule has 2 atom stereocenters. The maximum absolute atomic E-state index is 11.5. The fraction of sp³-hybridized carbons (Fsp3) is 0.667. The zero-order chi connectivity index (χ0) is 9.59. The Kier molecular flexibility index (Phi) is 1.71. The topological polar surface area (TPSA) is 54.5 Å². The van der Waals surface area contributed by atoms with E-state index in [1.54, 1.807) is 0 Å². The molecule has 0 aromatic rings. The summed E-state index contributed by atoms with van der Waals surface area (Å²) in [6, 6.07) is 0. The van der Waals surface area contributed by atoms with Gasteiger partial charge in [-0.1, -0.05) is 0 Å². The molecule has 0 aromatic heterocycles. The summed E-state index contributed by atoms with van der Waals surface area (Å²) in [6.07, 6.45) is 1.27. The van der Waals surface area contributed by atoms with Crippen LogP contribution in [-0.4, -0.2) is 29.5 Å². The maximum atomic E-state index is 11.5. The molecule has 1 heterocycles. The van der Waals surface area contributed by atoms with Crippen molar-refractivity contribution in [3.8, 4) is 0 Å². The number of carbonyl (C=O) groups is 3. The van der Waals surface area contributed by atoms with E-state index < -0.39 is 0 Å². The first kappa shape index (κ1) is 8.41. The number of rotatable bonds is 0. The fourth-order valence-electron chi connectivity index (χ4n) is 2.17. The summed E-state index contributed by atoms with van der Waals surface area (Å²) in [5.74, 6) is -0.739. The van der Waals surface area contributed by atoms with Gasteiger partial charge in [-0.2, -0.15) is 0 Å². The molecule has 2 rings (SSSR count). The number of carbonyl (C=O) groups excluding carboxylic acids is 3. The largest absolute Gasteiger partial charge is 0.300 e. The van der Waals surface area contributed by atoms with Crippen molar-refractivity contribution in [3.05, 3.63) is 0 Å². The van der Waals surface area contributed by atoms with Gasteiger partial charge in [-0.15, -0.1) is 0 Å². The second kappa shape index (κ2) is 2.65. The van der Waals surface area contributed by atoms with Crippen LogP contribution in [0, 0.1) is 11.8 Å². The summed E-state index contributed by atoms with van der Waals surface area (Å²) in [7, 11) is 1.49. The zero-order valence-electron chi connectivity index (χ0n) is 7.45. The number of imide groups is 1. The van der Waals surface area contributed by atoms with E-state index in [2.05, 4.69) is 0 Å². The molecule has 1 aliphatic heterocycles. The van der Waals surface area contributed by atoms with Gasteiger partial charge in [0, 0.05) is 19.9 Å². The van der Waals surface area contributed by atoms with E-state index in [-0.39, 0.29) is 35.9 Å². The van der Waals surface area contributed by atoms with Crippen LogP contribution in [0.4, 0.5) is 0 Å². The van der Waals surface area contributed by atoms with Gasteiger partial charge in [0.1, 0.15) is 5.78 Å². The first-order valence-corrected chi connectivity index (χ1v) is 4.44. The van der Waals surface area contributed by atoms with Crippen LogP contribution in [0.15, 0.2) is 0 Å². The van der Waals surface area contributed by atoms with E-state index in [0.29, 0.717) is 12.8 Å². The van der Waals surface area contributed by atoms with Crippen LogP contribution in [0.3, 0.4) is 0 Å². The molecule has 4 nitrogen and oxygen atoms in total. The number of ketones is 1. The lowest BCUT2D eigenvalue weighted by atomic mass is 9.80. The first-order valence-electron chi connectivity index (χ1n) is 4.44. The highest BCUT2D eigenvalue weighted by molar-refractivity contribution is 6.07. The van der Waals surface area contributed by atoms with Crippen molar-refractivity contribution in [3.63, 3.8) is 0 Å². The van der Waals surface area contributed by atoms with E-state index in [4.69, 9.17) is 0 Å². The quantitative estimate of drug-likeness (QED) is 0.493. The first-order chi connectivity index (χ1) is 6.11. The Morgan fingerprint density at radius 3 is 2.46 bits per heavy atom. The van der Waals surface area contributed by atoms with Crippen molar-refractivity contribution >= 4 is 17.6 Å². The van der Waals surface area contributed by atoms with Crippen LogP contribution in [-0.2, 0) is 14.4 Å². The number of nitrogens with zero attached hydrogens (tertiary/aromatic N) is 1. The number of hydrogen-bond donors (Lipinski definition) is 0. The Labute approximate surface area is 75.9 Å². The van der Waals surface area contributed by atoms with Crippen molar-refractivity contribution in [2.45, 2.75) is 19.3 Å². The number of amides is 2. The van der Waals surface area contributed by atoms with Gasteiger partial charge in [-0.05, 0) is 6.42 Å². The molecular weight excluding hydrogens is 170 g/mol. The molecule has 2 fully saturated rings. The molecule has 0 bridgehead atoms. The van der Waals surface area contributed by atoms with Crippen molar-refractivity contribution in [2.75, 3.05) is 7.05 Å². The Balaban J connectivity index is 2.27. The number of Topliss-reactive ketones (excluding diaryl/α,β-unsaturated/α-hetero) is 1. The van der Waals surface area contributed by atoms with Gasteiger partial charge < -0.3 is 0 Å². The predicted molar refractivity (Wildman–Crippen MR) is 43.6 cm³/mol. The van der Waals surface area contributed by atoms with Crippen LogP contribution in [0.2, 0.25) is 0 Å². The zero-order valence-corrected chi connectivity index (χ0v) is 7.45. The minimum absolute atomic E-state index is 0.109. The maximum Gasteiger partial charge on any atom is 0.233 e. The van der Waals surface area contributed by atoms with E-state index in [9.17, 15) is 14.4 Å². The van der Waals surface area contributed by atoms with Gasteiger partial charge in [0.25, 0.3) is 0 Å². The SMILES string of the molecule is CN1C(=O)C2CCC(=O)CC2C1=O. The summed E-state index contributed by atoms with van der Waals surface area (Å²) < 4.78 is 0. The molecule has 1 aliphatic carbocycles. The number of likely N-dealkylation sites (tertiary alicyclic amines) is 1. The molecule has 1 saturated carbocycles. The molecule has 0 aromatic carbocycles. The molecule has 0 radical (unpaired) electrons. The van der Waals surface area contributed by atoms with Gasteiger partial charge in [0.2, 0.25) is 11.8 Å². The van der Waals surface area contributed by atoms with Gasteiger partial charge in [0.05, 0.1) is 11.8 Å². The van der Waals surface area contributed by atoms with Gasteiger partial charge >= 0.3 is 0 Å². The molecule has 0 N–H and O–H groups in total. The summed E-state index contributed by atoms with van der Waals surface area (Å²) in [4.78, 5) is 35.1. The molecule has 0 spiro atoms. The second-order valence-electron chi connectivity index (χ2n) is 3.73. The summed E-state index contributed by atoms with van der Waals surface area (Å²) in [6.45, 7) is 0. The third-order valence-corrected chi connectivity index (χ3v) is 2.96. The third kappa shape index (κ3) is 1.08. The number of fused-ring (bicyclic) bond motifs is 1. The van der Waals surface area contributed by atoms with Crippen LogP contribution < -0.4 is 0 Å². The molecule has 4 heteroatoms. The monoisotopic (exact) mass is 181 g/mol. The molecule has 2 amide bonds. The minimum Gasteiger partial charge on any atom is -0.300 e. The highest BCUT2D eigenvalue weighted by Gasteiger charge is 2.48. The van der Waals surface area contributed by atoms with Gasteiger partial charge in [-0.3, -0.25) is 19.3 Å². The van der Waals surface area contributed by atoms with Crippen LogP contribution in [0.5, 0.6) is 0 Å². The van der Waals surface area contributed by atoms with Crippen molar-refractivity contribution in [1.29, 1.82) is 0 Å². The second-order valence-corrected chi connectivity index (χ2v) is 3.73. The lowest BCUT2D eigenvalue weighted by molar-refractivity contribution is -0.138. The average molecular weight is 181 g/mol. The normalized spacial score (nSPS) is 33.9. The van der Waals surface area contributed by atoms with Crippen molar-refractivity contribution in [1.82, 2.24) is 4.90 Å².